The molecule has 8 N–H and O–H groups in total. The summed E-state index contributed by atoms with van der Waals surface area (Å²) in [6.07, 6.45) is 11.4. The summed E-state index contributed by atoms with van der Waals surface area (Å²) in [7, 11) is 0. The van der Waals surface area contributed by atoms with Gasteiger partial charge in [0.25, 0.3) is 0 Å². The Kier molecular flexibility index (Phi) is 16.2. The number of nitrogens with zero attached hydrogens (tertiary/aromatic N) is 5. The molecular weight excluding hydrogens is 704 g/mol. The van der Waals surface area contributed by atoms with Gasteiger partial charge in [-0.05, 0) is 75.5 Å². The Hall–Kier alpha value is -4.37. The predicted octanol–water partition coefficient (Wildman–Crippen LogP) is 2.06. The number of aryl methyl sites for hydroxylation is 2. The summed E-state index contributed by atoms with van der Waals surface area (Å²) in [6, 6.07) is -2.44. The van der Waals surface area contributed by atoms with Crippen molar-refractivity contribution in [1.29, 1.82) is 0 Å². The van der Waals surface area contributed by atoms with Gasteiger partial charge in [-0.15, -0.1) is 5.10 Å². The molecule has 16 nitrogen and oxygen atoms in total. The zero-order chi connectivity index (χ0) is 40.1. The van der Waals surface area contributed by atoms with Gasteiger partial charge in [-0.1, -0.05) is 51.7 Å². The minimum absolute atomic E-state index is 0.0501. The lowest BCUT2D eigenvalue weighted by molar-refractivity contribution is -0.140. The fraction of sp³-hybridized carbons (Fsp3) is 0.769. The number of amides is 4. The highest BCUT2D eigenvalue weighted by Crippen LogP contribution is 2.31. The van der Waals surface area contributed by atoms with Gasteiger partial charge in [0.15, 0.2) is 17.5 Å². The maximum atomic E-state index is 14.5. The highest BCUT2D eigenvalue weighted by Gasteiger charge is 2.40. The Morgan fingerprint density at radius 2 is 1.65 bits per heavy atom. The van der Waals surface area contributed by atoms with Crippen LogP contribution in [-0.2, 0) is 41.7 Å². The van der Waals surface area contributed by atoms with Gasteiger partial charge in [-0.25, -0.2) is 0 Å². The fourth-order valence-electron chi connectivity index (χ4n) is 8.25. The molecule has 0 aromatic carbocycles. The second-order valence-electron chi connectivity index (χ2n) is 16.8. The largest absolute Gasteiger partial charge is 0.370 e. The van der Waals surface area contributed by atoms with E-state index >= 15 is 0 Å². The minimum Gasteiger partial charge on any atom is -0.370 e. The van der Waals surface area contributed by atoms with Gasteiger partial charge in [-0.2, -0.15) is 0 Å². The van der Waals surface area contributed by atoms with Crippen LogP contribution in [0, 0.1) is 23.2 Å². The summed E-state index contributed by atoms with van der Waals surface area (Å²) >= 11 is 0. The van der Waals surface area contributed by atoms with Gasteiger partial charge in [0.1, 0.15) is 6.04 Å². The summed E-state index contributed by atoms with van der Waals surface area (Å²) in [5.41, 5.74) is 16.9. The first kappa shape index (κ1) is 43.4. The number of rotatable bonds is 11. The predicted molar refractivity (Wildman–Crippen MR) is 207 cm³/mol. The maximum Gasteiger partial charge on any atom is 0.243 e. The van der Waals surface area contributed by atoms with Gasteiger partial charge in [0, 0.05) is 56.9 Å². The van der Waals surface area contributed by atoms with Crippen molar-refractivity contribution in [2.75, 3.05) is 13.1 Å². The third-order valence-corrected chi connectivity index (χ3v) is 11.5. The van der Waals surface area contributed by atoms with Gasteiger partial charge in [0.2, 0.25) is 23.6 Å². The molecule has 1 saturated carbocycles. The molecule has 4 amide bonds. The molecule has 16 heteroatoms. The molecule has 4 rings (SSSR count). The number of carbonyl (C=O) groups excluding carboxylic acids is 6. The molecule has 0 radical (unpaired) electrons. The number of aliphatic imine (C=N–C) groups is 1. The zero-order valence-corrected chi connectivity index (χ0v) is 33.1. The molecule has 2 fully saturated rings. The minimum atomic E-state index is -0.990. The molecule has 1 aliphatic carbocycles. The first-order valence-corrected chi connectivity index (χ1v) is 20.3. The third-order valence-electron chi connectivity index (χ3n) is 11.5. The van der Waals surface area contributed by atoms with Gasteiger partial charge < -0.3 is 32.7 Å². The topological polar surface area (TPSA) is 251 Å². The number of ketones is 2. The van der Waals surface area contributed by atoms with Crippen LogP contribution < -0.4 is 27.8 Å². The maximum absolute atomic E-state index is 14.5. The lowest BCUT2D eigenvalue weighted by Gasteiger charge is -2.33. The number of fused-ring (bicyclic) bond motifs is 3. The van der Waals surface area contributed by atoms with E-state index in [9.17, 15) is 28.8 Å². The molecule has 306 valence electrons. The Bertz CT molecular complexity index is 1530. The molecule has 55 heavy (non-hydrogen) atoms. The lowest BCUT2D eigenvalue weighted by Crippen LogP contribution is -2.54. The molecule has 3 aliphatic rings. The average Bonchev–Trinajstić information content (AvgIpc) is 3.81. The van der Waals surface area contributed by atoms with Crippen molar-refractivity contribution in [3.8, 4) is 0 Å². The summed E-state index contributed by atoms with van der Waals surface area (Å²) in [6.45, 7) is 6.51. The van der Waals surface area contributed by atoms with Crippen molar-refractivity contribution in [1.82, 2.24) is 30.5 Å². The van der Waals surface area contributed by atoms with Crippen molar-refractivity contribution >= 4 is 41.2 Å². The number of nitrogens with one attached hydrogen (secondary N) is 2. The van der Waals surface area contributed by atoms with E-state index in [2.05, 4.69) is 25.9 Å². The van der Waals surface area contributed by atoms with Gasteiger partial charge in [-0.3, -0.25) is 38.4 Å². The van der Waals surface area contributed by atoms with Crippen LogP contribution in [0.3, 0.4) is 0 Å². The van der Waals surface area contributed by atoms with E-state index in [1.807, 2.05) is 27.0 Å². The van der Waals surface area contributed by atoms with Crippen molar-refractivity contribution in [3.63, 3.8) is 0 Å². The van der Waals surface area contributed by atoms with E-state index < -0.39 is 47.2 Å². The number of guanidine groups is 1. The number of aromatic nitrogens is 3. The van der Waals surface area contributed by atoms with Gasteiger partial charge >= 0.3 is 0 Å². The van der Waals surface area contributed by atoms with Crippen LogP contribution in [0.5, 0.6) is 0 Å². The van der Waals surface area contributed by atoms with Crippen LogP contribution in [0.15, 0.2) is 11.2 Å². The van der Waals surface area contributed by atoms with Crippen LogP contribution in [-0.4, -0.2) is 92.3 Å². The number of primary amides is 1. The Labute approximate surface area is 324 Å². The number of hydrogen-bond acceptors (Lipinski definition) is 9. The van der Waals surface area contributed by atoms with E-state index in [-0.39, 0.29) is 67.5 Å². The highest BCUT2D eigenvalue weighted by molar-refractivity contribution is 5.96. The van der Waals surface area contributed by atoms with Crippen molar-refractivity contribution in [2.24, 2.45) is 45.4 Å². The van der Waals surface area contributed by atoms with Crippen LogP contribution in [0.1, 0.15) is 129 Å². The smallest absolute Gasteiger partial charge is 0.243 e. The Morgan fingerprint density at radius 1 is 0.945 bits per heavy atom. The van der Waals surface area contributed by atoms with Crippen LogP contribution in [0.2, 0.25) is 0 Å². The van der Waals surface area contributed by atoms with Crippen molar-refractivity contribution in [3.05, 3.63) is 11.9 Å². The first-order valence-electron chi connectivity index (χ1n) is 20.3. The van der Waals surface area contributed by atoms with Crippen LogP contribution >= 0.6 is 0 Å². The molecule has 1 aromatic heterocycles. The number of hydrogen-bond donors (Lipinski definition) is 5. The average molecular weight is 769 g/mol. The van der Waals surface area contributed by atoms with E-state index in [0.717, 1.165) is 50.6 Å². The SMILES string of the molecule is CC(C)(C)[C@H](CC(=O)[C@H](CCCN=C(N)N)NC(=O)[C@@H]1CCn2cc(nn2)CCCCCC(=O)N2CCC[C@H]2C(=O)N[C@@H](C2CCCCC2)C(=O)C1)C(N)=O. The summed E-state index contributed by atoms with van der Waals surface area (Å²) in [5.74, 6) is -3.93. The second kappa shape index (κ2) is 20.5. The summed E-state index contributed by atoms with van der Waals surface area (Å²) < 4.78 is 1.66. The van der Waals surface area contributed by atoms with E-state index in [1.165, 1.54) is 0 Å². The Balaban J connectivity index is 1.63. The normalized spacial score (nSPS) is 23.7. The molecule has 0 unspecified atom stereocenters. The molecule has 5 atom stereocenters. The van der Waals surface area contributed by atoms with E-state index in [0.29, 0.717) is 51.6 Å². The first-order chi connectivity index (χ1) is 26.1. The van der Waals surface area contributed by atoms with Crippen LogP contribution in [0.4, 0.5) is 0 Å². The molecule has 2 bridgehead atoms. The quantitative estimate of drug-likeness (QED) is 0.125. The fourth-order valence-corrected chi connectivity index (χ4v) is 8.25. The monoisotopic (exact) mass is 769 g/mol. The van der Waals surface area contributed by atoms with Crippen molar-refractivity contribution in [2.45, 2.75) is 155 Å². The van der Waals surface area contributed by atoms with Crippen LogP contribution in [0.25, 0.3) is 0 Å². The highest BCUT2D eigenvalue weighted by atomic mass is 16.2. The lowest BCUT2D eigenvalue weighted by atomic mass is 9.76. The van der Waals surface area contributed by atoms with Gasteiger partial charge in [0.05, 0.1) is 17.8 Å². The number of nitrogens with two attached hydrogens (primary N) is 3. The molecule has 3 heterocycles. The molecule has 1 aromatic rings. The standard InChI is InChI=1S/C39H64N10O6/c1-39(2,3)28(35(40)53)23-31(50)29(15-10-19-43-38(41)42)44-36(54)26-18-21-48-24-27(46-47-48)14-8-5-9-17-33(52)49-20-11-16-30(49)37(55)45-34(32(51)22-26)25-12-6-4-7-13-25/h24-26,28-30,34H,4-23H2,1-3H3,(H2,40,53)(H,44,54)(H,45,55)(H4,41,42,43)/t26-,28-,29+,30+,34+/m1/s1. The number of carbonyl (C=O) groups is 6. The zero-order valence-electron chi connectivity index (χ0n) is 33.1. The second-order valence-corrected chi connectivity index (χ2v) is 16.8. The third kappa shape index (κ3) is 13.1. The number of Topliss-reactive ketones (excluding diaryl/α,β-unsaturated/α-hetero) is 2. The summed E-state index contributed by atoms with van der Waals surface area (Å²) in [4.78, 5) is 87.9. The Morgan fingerprint density at radius 3 is 2.35 bits per heavy atom. The molecule has 0 spiro atoms. The van der Waals surface area contributed by atoms with E-state index in [4.69, 9.17) is 17.2 Å². The van der Waals surface area contributed by atoms with E-state index in [1.54, 1.807) is 9.58 Å². The molecular formula is C39H64N10O6. The summed E-state index contributed by atoms with van der Waals surface area (Å²) in [5, 5.41) is 14.6. The molecule has 1 saturated heterocycles. The molecule has 2 aliphatic heterocycles. The van der Waals surface area contributed by atoms with Crippen molar-refractivity contribution < 1.29 is 28.8 Å².